The van der Waals surface area contributed by atoms with E-state index in [9.17, 15) is 0 Å². The van der Waals surface area contributed by atoms with Crippen molar-refractivity contribution in [3.05, 3.63) is 60.7 Å². The third-order valence-corrected chi connectivity index (χ3v) is 12.4. The molecule has 1 fully saturated rings. The number of ether oxygens (including phenoxy) is 2. The Balaban J connectivity index is 1.51. The van der Waals surface area contributed by atoms with Crippen LogP contribution in [0.3, 0.4) is 0 Å². The predicted octanol–water partition coefficient (Wildman–Crippen LogP) is 8.70. The molecule has 1 aliphatic carbocycles. The minimum Gasteiger partial charge on any atom is -0.361 e. The third-order valence-electron chi connectivity index (χ3n) is 9.04. The summed E-state index contributed by atoms with van der Waals surface area (Å²) < 4.78 is 16.6. The van der Waals surface area contributed by atoms with Gasteiger partial charge in [0.25, 0.3) is 0 Å². The van der Waals surface area contributed by atoms with E-state index in [1.165, 1.54) is 32.1 Å². The van der Waals surface area contributed by atoms with Gasteiger partial charge in [-0.2, -0.15) is 14.7 Å². The molecule has 0 bridgehead atoms. The van der Waals surface area contributed by atoms with Crippen molar-refractivity contribution in [2.24, 2.45) is 5.92 Å². The van der Waals surface area contributed by atoms with Gasteiger partial charge in [0.2, 0.25) is 0 Å². The van der Waals surface area contributed by atoms with Gasteiger partial charge in [-0.05, 0) is 55.8 Å². The summed E-state index contributed by atoms with van der Waals surface area (Å²) in [4.78, 5) is 7.55. The van der Waals surface area contributed by atoms with Crippen LogP contribution in [0.25, 0.3) is 22.5 Å². The molecule has 0 aliphatic heterocycles. The van der Waals surface area contributed by atoms with Crippen LogP contribution in [0.5, 0.6) is 0 Å². The van der Waals surface area contributed by atoms with E-state index in [2.05, 4.69) is 80.6 Å². The molecular weight excluding hydrogens is 593 g/mol. The summed E-state index contributed by atoms with van der Waals surface area (Å²) >= 11 is 0. The van der Waals surface area contributed by atoms with Crippen molar-refractivity contribution in [2.75, 3.05) is 31.6 Å². The smallest absolute Gasteiger partial charge is 0.165 e. The van der Waals surface area contributed by atoms with Crippen LogP contribution in [0.2, 0.25) is 51.4 Å². The van der Waals surface area contributed by atoms with Crippen LogP contribution >= 0.6 is 0 Å². The highest BCUT2D eigenvalue weighted by atomic mass is 28.3. The number of hydrogen-bond donors (Lipinski definition) is 0. The molecule has 3 aromatic heterocycles. The molecule has 8 nitrogen and oxygen atoms in total. The molecule has 1 aromatic carbocycles. The van der Waals surface area contributed by atoms with Gasteiger partial charge in [0.05, 0.1) is 18.1 Å². The monoisotopic (exact) mass is 646 g/mol. The maximum atomic E-state index is 6.35. The average molecular weight is 647 g/mol. The van der Waals surface area contributed by atoms with E-state index in [0.717, 1.165) is 65.2 Å². The highest BCUT2D eigenvalue weighted by Gasteiger charge is 2.26. The minimum absolute atomic E-state index is 0.439. The van der Waals surface area contributed by atoms with E-state index in [-0.39, 0.29) is 0 Å². The van der Waals surface area contributed by atoms with Crippen molar-refractivity contribution in [1.29, 1.82) is 0 Å². The van der Waals surface area contributed by atoms with Gasteiger partial charge in [-0.3, -0.25) is 0 Å². The summed E-state index contributed by atoms with van der Waals surface area (Å²) in [5.41, 5.74) is 5.03. The van der Waals surface area contributed by atoms with Crippen molar-refractivity contribution in [3.63, 3.8) is 0 Å². The van der Waals surface area contributed by atoms with Gasteiger partial charge in [-0.25, -0.2) is 9.67 Å². The maximum Gasteiger partial charge on any atom is 0.165 e. The Kier molecular flexibility index (Phi) is 11.0. The molecule has 4 aromatic rings. The van der Waals surface area contributed by atoms with Gasteiger partial charge >= 0.3 is 0 Å². The zero-order valence-electron chi connectivity index (χ0n) is 28.6. The quantitative estimate of drug-likeness (QED) is 0.0731. The molecule has 0 saturated heterocycles. The fourth-order valence-corrected chi connectivity index (χ4v) is 7.44. The molecule has 244 valence electrons. The third kappa shape index (κ3) is 9.15. The summed E-state index contributed by atoms with van der Waals surface area (Å²) in [5.74, 6) is 2.25. The molecule has 0 N–H and O–H groups in total. The highest BCUT2D eigenvalue weighted by molar-refractivity contribution is 6.76. The Morgan fingerprint density at radius 3 is 2.09 bits per heavy atom. The first kappa shape index (κ1) is 33.6. The number of benzene rings is 1. The number of rotatable bonds is 15. The summed E-state index contributed by atoms with van der Waals surface area (Å²) in [5, 5.41) is 9.61. The largest absolute Gasteiger partial charge is 0.361 e. The molecule has 1 aliphatic rings. The standard InChI is InChI=1S/C35H54N6O2Si2/c1-8-28-14-16-29(17-15-28)33-22-34(39(26-42-18-20-44(2,3)4)27-43-19-21-45(5,6)7)41-35(38-33)32(24-37-41)30-23-36-40(25-30)31-12-10-9-11-13-31/h9-13,22-25,28-29H,8,14-21,26-27H2,1-7H3. The van der Waals surface area contributed by atoms with Crippen molar-refractivity contribution < 1.29 is 9.47 Å². The first-order chi connectivity index (χ1) is 21.5. The van der Waals surface area contributed by atoms with Gasteiger partial charge in [-0.1, -0.05) is 70.8 Å². The zero-order valence-corrected chi connectivity index (χ0v) is 30.6. The lowest BCUT2D eigenvalue weighted by molar-refractivity contribution is 0.0942. The van der Waals surface area contributed by atoms with Crippen LogP contribution in [0, 0.1) is 5.92 Å². The minimum atomic E-state index is -1.21. The Hall–Kier alpha value is -2.80. The molecule has 0 unspecified atom stereocenters. The number of para-hydroxylation sites is 1. The lowest BCUT2D eigenvalue weighted by Crippen LogP contribution is -2.33. The van der Waals surface area contributed by atoms with E-state index >= 15 is 0 Å². The maximum absolute atomic E-state index is 6.35. The molecule has 5 rings (SSSR count). The summed E-state index contributed by atoms with van der Waals surface area (Å²) in [6, 6.07) is 14.7. The number of aromatic nitrogens is 5. The van der Waals surface area contributed by atoms with Crippen LogP contribution in [-0.2, 0) is 9.47 Å². The zero-order chi connectivity index (χ0) is 32.0. The van der Waals surface area contributed by atoms with E-state index in [1.54, 1.807) is 0 Å². The SMILES string of the molecule is CCC1CCC(c2cc(N(COCC[Si](C)(C)C)COCC[Si](C)(C)C)n3ncc(-c4cnn(-c5ccccc5)c4)c3n2)CC1. The van der Waals surface area contributed by atoms with E-state index in [1.807, 2.05) is 39.8 Å². The van der Waals surface area contributed by atoms with Crippen molar-refractivity contribution in [3.8, 4) is 16.8 Å². The van der Waals surface area contributed by atoms with E-state index in [0.29, 0.717) is 19.4 Å². The Labute approximate surface area is 272 Å². The number of hydrogen-bond acceptors (Lipinski definition) is 6. The number of anilines is 1. The molecule has 0 atom stereocenters. The highest BCUT2D eigenvalue weighted by Crippen LogP contribution is 2.38. The molecule has 10 heteroatoms. The van der Waals surface area contributed by atoms with Gasteiger partial charge in [0.15, 0.2) is 5.65 Å². The molecule has 0 radical (unpaired) electrons. The first-order valence-electron chi connectivity index (χ1n) is 16.9. The number of fused-ring (bicyclic) bond motifs is 1. The van der Waals surface area contributed by atoms with Gasteiger partial charge in [0, 0.05) is 64.4 Å². The molecule has 45 heavy (non-hydrogen) atoms. The topological polar surface area (TPSA) is 69.7 Å². The molecular formula is C35H54N6O2Si2. The Morgan fingerprint density at radius 2 is 1.49 bits per heavy atom. The van der Waals surface area contributed by atoms with Crippen LogP contribution in [0.1, 0.15) is 50.6 Å². The second-order valence-corrected chi connectivity index (χ2v) is 26.4. The van der Waals surface area contributed by atoms with Crippen LogP contribution < -0.4 is 4.90 Å². The summed E-state index contributed by atoms with van der Waals surface area (Å²) in [6.45, 7) is 19.1. The molecule has 3 heterocycles. The lowest BCUT2D eigenvalue weighted by atomic mass is 9.79. The number of nitrogens with zero attached hydrogens (tertiary/aromatic N) is 6. The van der Waals surface area contributed by atoms with Crippen LogP contribution in [0.15, 0.2) is 55.0 Å². The van der Waals surface area contributed by atoms with Crippen molar-refractivity contribution in [1.82, 2.24) is 24.4 Å². The predicted molar refractivity (Wildman–Crippen MR) is 191 cm³/mol. The second kappa shape index (κ2) is 14.7. The van der Waals surface area contributed by atoms with Crippen molar-refractivity contribution >= 4 is 27.6 Å². The molecule has 1 saturated carbocycles. The Morgan fingerprint density at radius 1 is 0.844 bits per heavy atom. The Bertz CT molecular complexity index is 1480. The van der Waals surface area contributed by atoms with E-state index in [4.69, 9.17) is 19.6 Å². The second-order valence-electron chi connectivity index (χ2n) is 15.2. The van der Waals surface area contributed by atoms with Gasteiger partial charge in [-0.15, -0.1) is 0 Å². The molecule has 0 spiro atoms. The summed E-state index contributed by atoms with van der Waals surface area (Å²) in [7, 11) is -2.41. The van der Waals surface area contributed by atoms with Crippen LogP contribution in [-0.4, -0.2) is 67.2 Å². The van der Waals surface area contributed by atoms with Crippen molar-refractivity contribution in [2.45, 2.75) is 96.3 Å². The lowest BCUT2D eigenvalue weighted by Gasteiger charge is -2.30. The fraction of sp³-hybridized carbons (Fsp3) is 0.571. The fourth-order valence-electron chi connectivity index (χ4n) is 5.93. The first-order valence-corrected chi connectivity index (χ1v) is 24.3. The van der Waals surface area contributed by atoms with Gasteiger partial charge < -0.3 is 14.4 Å². The molecule has 0 amide bonds. The summed E-state index contributed by atoms with van der Waals surface area (Å²) in [6.07, 6.45) is 12.1. The average Bonchev–Trinajstić information content (AvgIpc) is 3.67. The normalized spacial score (nSPS) is 17.7. The van der Waals surface area contributed by atoms with E-state index < -0.39 is 16.1 Å². The van der Waals surface area contributed by atoms with Gasteiger partial charge in [0.1, 0.15) is 19.3 Å². The van der Waals surface area contributed by atoms with Crippen LogP contribution in [0.4, 0.5) is 5.82 Å².